The number of hydrogen-bond donors (Lipinski definition) is 1. The van der Waals surface area contributed by atoms with Crippen molar-refractivity contribution in [1.29, 1.82) is 0 Å². The molecule has 0 amide bonds. The van der Waals surface area contributed by atoms with Crippen molar-refractivity contribution in [3.8, 4) is 0 Å². The van der Waals surface area contributed by atoms with Gasteiger partial charge in [-0.15, -0.1) is 11.3 Å². The van der Waals surface area contributed by atoms with E-state index in [-0.39, 0.29) is 36.7 Å². The molecular formula is C31H31F4NO5S2. The quantitative estimate of drug-likeness (QED) is 0.308. The first-order chi connectivity index (χ1) is 20.2. The molecule has 230 valence electrons. The highest BCUT2D eigenvalue weighted by atomic mass is 32.2. The predicted molar refractivity (Wildman–Crippen MR) is 152 cm³/mol. The third-order valence-electron chi connectivity index (χ3n) is 10.7. The third-order valence-corrected chi connectivity index (χ3v) is 12.9. The highest BCUT2D eigenvalue weighted by Crippen LogP contribution is 2.70. The largest absolute Gasteiger partial charge is 0.393 e. The van der Waals surface area contributed by atoms with Crippen molar-refractivity contribution in [2.45, 2.75) is 80.3 Å². The van der Waals surface area contributed by atoms with E-state index in [2.05, 4.69) is 4.98 Å². The maximum absolute atomic E-state index is 15.8. The van der Waals surface area contributed by atoms with Gasteiger partial charge in [-0.2, -0.15) is 13.2 Å². The van der Waals surface area contributed by atoms with Crippen LogP contribution < -0.4 is 0 Å². The van der Waals surface area contributed by atoms with Gasteiger partial charge in [-0.05, 0) is 61.0 Å². The molecule has 0 radical (unpaired) electrons. The van der Waals surface area contributed by atoms with Crippen LogP contribution in [0, 0.1) is 28.6 Å². The zero-order valence-electron chi connectivity index (χ0n) is 23.5. The van der Waals surface area contributed by atoms with Crippen molar-refractivity contribution in [2.75, 3.05) is 5.75 Å². The molecule has 4 aliphatic carbocycles. The molecule has 4 fully saturated rings. The molecule has 2 heterocycles. The van der Waals surface area contributed by atoms with E-state index in [1.165, 1.54) is 35.3 Å². The lowest BCUT2D eigenvalue weighted by atomic mass is 9.46. The SMILES string of the molecule is CC12C=CC(=O)C=C1[C@@H](F)CC1C2[C@@H](O)CC2(C)C1C[C@@H]1OC(CC(F)(F)F)O[C@]12C(=O)CSc1nc2ccccc2s1. The summed E-state index contributed by atoms with van der Waals surface area (Å²) >= 11 is 2.63. The topological polar surface area (TPSA) is 85.7 Å². The number of aliphatic hydroxyl groups is 1. The maximum atomic E-state index is 15.8. The van der Waals surface area contributed by atoms with Crippen LogP contribution in [0.5, 0.6) is 0 Å². The summed E-state index contributed by atoms with van der Waals surface area (Å²) in [5.41, 5.74) is -2.63. The molecule has 0 spiro atoms. The van der Waals surface area contributed by atoms with Gasteiger partial charge >= 0.3 is 6.18 Å². The number of Topliss-reactive ketones (excluding diaryl/α,β-unsaturated/α-hetero) is 1. The van der Waals surface area contributed by atoms with E-state index < -0.39 is 71.3 Å². The van der Waals surface area contributed by atoms with Gasteiger partial charge in [-0.3, -0.25) is 9.59 Å². The van der Waals surface area contributed by atoms with Crippen molar-refractivity contribution in [3.63, 3.8) is 0 Å². The first-order valence-corrected chi connectivity index (χ1v) is 16.2. The number of rotatable bonds is 5. The van der Waals surface area contributed by atoms with Crippen molar-refractivity contribution >= 4 is 44.9 Å². The van der Waals surface area contributed by atoms with Crippen LogP contribution in [0.4, 0.5) is 17.6 Å². The lowest BCUT2D eigenvalue weighted by Gasteiger charge is -2.60. The highest BCUT2D eigenvalue weighted by molar-refractivity contribution is 8.01. The number of thiazole rings is 1. The fourth-order valence-corrected chi connectivity index (χ4v) is 11.1. The molecule has 43 heavy (non-hydrogen) atoms. The zero-order valence-corrected chi connectivity index (χ0v) is 25.1. The Morgan fingerprint density at radius 2 is 2.00 bits per heavy atom. The number of halogens is 4. The van der Waals surface area contributed by atoms with Crippen LogP contribution in [0.25, 0.3) is 10.2 Å². The summed E-state index contributed by atoms with van der Waals surface area (Å²) in [5, 5.41) is 11.8. The molecule has 5 aliphatic rings. The van der Waals surface area contributed by atoms with Gasteiger partial charge in [0.25, 0.3) is 0 Å². The van der Waals surface area contributed by atoms with Crippen LogP contribution in [0.2, 0.25) is 0 Å². The van der Waals surface area contributed by atoms with E-state index in [1.807, 2.05) is 31.2 Å². The molecule has 7 rings (SSSR count). The minimum atomic E-state index is -4.58. The second-order valence-corrected chi connectivity index (χ2v) is 15.2. The molecule has 1 aromatic heterocycles. The summed E-state index contributed by atoms with van der Waals surface area (Å²) in [5.74, 6) is -2.04. The lowest BCUT2D eigenvalue weighted by Crippen LogP contribution is -2.64. The van der Waals surface area contributed by atoms with E-state index in [9.17, 15) is 27.9 Å². The summed E-state index contributed by atoms with van der Waals surface area (Å²) in [6.07, 6.45) is -6.31. The number of thioether (sulfide) groups is 1. The molecule has 1 aromatic carbocycles. The smallest absolute Gasteiger partial charge is 0.393 e. The van der Waals surface area contributed by atoms with Crippen LogP contribution >= 0.6 is 23.1 Å². The number of allylic oxidation sites excluding steroid dienone is 4. The van der Waals surface area contributed by atoms with E-state index in [0.717, 1.165) is 10.2 Å². The van der Waals surface area contributed by atoms with Crippen LogP contribution in [0.1, 0.15) is 39.5 Å². The van der Waals surface area contributed by atoms with Gasteiger partial charge in [0.05, 0.1) is 34.6 Å². The Kier molecular flexibility index (Phi) is 6.84. The standard InChI is InChI=1S/C31H31F4NO5S2/c1-28-8-7-15(37)9-18(28)19(32)10-16-17-11-24-31(29(17,2)12-21(38)26(16)28,41-25(40-24)13-30(33,34)35)23(39)14-42-27-36-20-5-3-4-6-22(20)43-27/h3-9,16-17,19,21,24-26,38H,10-14H2,1-2H3/t16?,17?,19-,21-,24-,25?,26?,28?,29?,31+/m0/s1. The minimum absolute atomic E-state index is 0.0357. The summed E-state index contributed by atoms with van der Waals surface area (Å²) in [4.78, 5) is 31.0. The molecule has 6 nitrogen and oxygen atoms in total. The van der Waals surface area contributed by atoms with Crippen LogP contribution in [-0.2, 0) is 19.1 Å². The molecule has 10 atom stereocenters. The number of aliphatic hydroxyl groups excluding tert-OH is 1. The number of benzene rings is 1. The van der Waals surface area contributed by atoms with Gasteiger partial charge in [0.15, 0.2) is 27.8 Å². The van der Waals surface area contributed by atoms with E-state index in [0.29, 0.717) is 9.91 Å². The third kappa shape index (κ3) is 4.41. The number of fused-ring (bicyclic) bond motifs is 8. The van der Waals surface area contributed by atoms with E-state index in [1.54, 1.807) is 13.0 Å². The number of aromatic nitrogens is 1. The molecule has 3 saturated carbocycles. The van der Waals surface area contributed by atoms with Crippen molar-refractivity contribution in [2.24, 2.45) is 28.6 Å². The van der Waals surface area contributed by atoms with Gasteiger partial charge in [0.2, 0.25) is 0 Å². The van der Waals surface area contributed by atoms with Crippen LogP contribution in [0.15, 0.2) is 52.4 Å². The summed E-state index contributed by atoms with van der Waals surface area (Å²) < 4.78 is 69.9. The maximum Gasteiger partial charge on any atom is 0.393 e. The molecule has 1 aliphatic heterocycles. The number of alkyl halides is 4. The summed E-state index contributed by atoms with van der Waals surface area (Å²) in [6.45, 7) is 3.62. The molecular weight excluding hydrogens is 606 g/mol. The van der Waals surface area contributed by atoms with Gasteiger partial charge in [0, 0.05) is 16.7 Å². The number of carbonyl (C=O) groups excluding carboxylic acids is 2. The highest BCUT2D eigenvalue weighted by Gasteiger charge is 2.76. The number of nitrogens with zero attached hydrogens (tertiary/aromatic N) is 1. The van der Waals surface area contributed by atoms with Crippen LogP contribution in [-0.4, -0.2) is 63.9 Å². The Hall–Kier alpha value is -2.12. The molecule has 2 aromatic rings. The number of ether oxygens (including phenoxy) is 2. The second kappa shape index (κ2) is 9.94. The van der Waals surface area contributed by atoms with Crippen LogP contribution in [0.3, 0.4) is 0 Å². The number of para-hydroxylation sites is 1. The monoisotopic (exact) mass is 637 g/mol. The first-order valence-electron chi connectivity index (χ1n) is 14.4. The van der Waals surface area contributed by atoms with Crippen molar-refractivity contribution in [3.05, 3.63) is 48.1 Å². The number of carbonyl (C=O) groups is 2. The Labute approximate surface area is 253 Å². The Morgan fingerprint density at radius 1 is 1.23 bits per heavy atom. The second-order valence-electron chi connectivity index (χ2n) is 12.9. The van der Waals surface area contributed by atoms with Gasteiger partial charge in [0.1, 0.15) is 6.17 Å². The van der Waals surface area contributed by atoms with Gasteiger partial charge < -0.3 is 14.6 Å². The van der Waals surface area contributed by atoms with E-state index in [4.69, 9.17) is 9.47 Å². The van der Waals surface area contributed by atoms with Crippen molar-refractivity contribution < 1.29 is 41.7 Å². The summed E-state index contributed by atoms with van der Waals surface area (Å²) in [6, 6.07) is 7.55. The molecule has 0 bridgehead atoms. The predicted octanol–water partition coefficient (Wildman–Crippen LogP) is 6.23. The lowest BCUT2D eigenvalue weighted by molar-refractivity contribution is -0.227. The molecule has 1 N–H and O–H groups in total. The first kappa shape index (κ1) is 29.6. The fraction of sp³-hybridized carbons (Fsp3) is 0.581. The number of ketones is 2. The average Bonchev–Trinajstić information content (AvgIpc) is 3.57. The molecule has 6 unspecified atom stereocenters. The molecule has 12 heteroatoms. The van der Waals surface area contributed by atoms with Gasteiger partial charge in [-0.1, -0.05) is 43.8 Å². The van der Waals surface area contributed by atoms with E-state index >= 15 is 4.39 Å². The Balaban J connectivity index is 1.24. The zero-order chi connectivity index (χ0) is 30.5. The minimum Gasteiger partial charge on any atom is -0.393 e. The molecule has 1 saturated heterocycles. The number of hydrogen-bond acceptors (Lipinski definition) is 8. The average molecular weight is 638 g/mol. The normalized spacial score (nSPS) is 41.9. The summed E-state index contributed by atoms with van der Waals surface area (Å²) in [7, 11) is 0. The van der Waals surface area contributed by atoms with Crippen molar-refractivity contribution in [1.82, 2.24) is 4.98 Å². The fourth-order valence-electron chi connectivity index (χ4n) is 9.08. The van der Waals surface area contributed by atoms with Gasteiger partial charge in [-0.25, -0.2) is 9.37 Å². The Morgan fingerprint density at radius 3 is 2.74 bits per heavy atom. The Bertz CT molecular complexity index is 1520.